The van der Waals surface area contributed by atoms with Gasteiger partial charge in [0, 0.05) is 12.8 Å². The maximum Gasteiger partial charge on any atom is 0.346 e. The van der Waals surface area contributed by atoms with Crippen molar-refractivity contribution in [3.05, 3.63) is 64.1 Å². The molecule has 3 rings (SSSR count). The van der Waals surface area contributed by atoms with Crippen molar-refractivity contribution in [2.45, 2.75) is 51.4 Å². The molecule has 0 spiro atoms. The van der Waals surface area contributed by atoms with Crippen molar-refractivity contribution in [2.75, 3.05) is 0 Å². The van der Waals surface area contributed by atoms with Crippen LogP contribution in [-0.2, 0) is 6.42 Å². The van der Waals surface area contributed by atoms with Gasteiger partial charge in [0.2, 0.25) is 0 Å². The highest BCUT2D eigenvalue weighted by Crippen LogP contribution is 2.31. The highest BCUT2D eigenvalue weighted by molar-refractivity contribution is 5.28. The number of alkyl halides is 1. The predicted octanol–water partition coefficient (Wildman–Crippen LogP) is 4.05. The van der Waals surface area contributed by atoms with E-state index in [0.717, 1.165) is 12.0 Å². The van der Waals surface area contributed by atoms with Gasteiger partial charge in [-0.2, -0.15) is 5.10 Å². The van der Waals surface area contributed by atoms with Gasteiger partial charge in [-0.1, -0.05) is 30.8 Å². The highest BCUT2D eigenvalue weighted by Gasteiger charge is 2.30. The van der Waals surface area contributed by atoms with Gasteiger partial charge in [0.15, 0.2) is 0 Å². The molecule has 1 aliphatic heterocycles. The molecule has 4 nitrogen and oxygen atoms in total. The summed E-state index contributed by atoms with van der Waals surface area (Å²) in [5, 5.41) is 4.36. The quantitative estimate of drug-likeness (QED) is 0.828. The van der Waals surface area contributed by atoms with Crippen molar-refractivity contribution in [3.8, 4) is 0 Å². The largest absolute Gasteiger partial charge is 0.346 e. The Morgan fingerprint density at radius 1 is 1.38 bits per heavy atom. The molecule has 2 heterocycles. The average molecular weight is 333 g/mol. The molecule has 0 N–H and O–H groups in total. The number of hydrogen-bond donors (Lipinski definition) is 0. The normalized spacial score (nSPS) is 19.1. The molecule has 24 heavy (non-hydrogen) atoms. The Labute approximate surface area is 139 Å². The van der Waals surface area contributed by atoms with E-state index in [9.17, 15) is 13.6 Å². The second-order valence-electron chi connectivity index (χ2n) is 6.42. The molecule has 0 aliphatic carbocycles. The van der Waals surface area contributed by atoms with Gasteiger partial charge in [-0.05, 0) is 31.4 Å². The van der Waals surface area contributed by atoms with Gasteiger partial charge < -0.3 is 0 Å². The van der Waals surface area contributed by atoms with Crippen LogP contribution in [0.15, 0.2) is 41.5 Å². The van der Waals surface area contributed by atoms with Crippen molar-refractivity contribution in [1.82, 2.24) is 14.3 Å². The van der Waals surface area contributed by atoms with Gasteiger partial charge in [-0.3, -0.25) is 4.57 Å². The number of fused-ring (bicyclic) bond motifs is 1. The monoisotopic (exact) mass is 333 g/mol. The Morgan fingerprint density at radius 2 is 2.04 bits per heavy atom. The number of rotatable bonds is 5. The number of hydrogen-bond acceptors (Lipinski definition) is 2. The Balaban J connectivity index is 1.93. The third-order valence-corrected chi connectivity index (χ3v) is 4.57. The van der Waals surface area contributed by atoms with Gasteiger partial charge >= 0.3 is 5.69 Å². The summed E-state index contributed by atoms with van der Waals surface area (Å²) in [5.41, 5.74) is 1.35. The maximum atomic E-state index is 13.3. The van der Waals surface area contributed by atoms with E-state index in [1.54, 1.807) is 23.6 Å². The third-order valence-electron chi connectivity index (χ3n) is 4.57. The highest BCUT2D eigenvalue weighted by atomic mass is 19.1. The first kappa shape index (κ1) is 16.6. The van der Waals surface area contributed by atoms with Gasteiger partial charge in [0.25, 0.3) is 0 Å². The van der Waals surface area contributed by atoms with E-state index in [0.29, 0.717) is 17.8 Å². The van der Waals surface area contributed by atoms with E-state index >= 15 is 0 Å². The first-order valence-corrected chi connectivity index (χ1v) is 8.15. The first-order valence-electron chi connectivity index (χ1n) is 8.15. The molecule has 3 unspecified atom stereocenters. The molecule has 0 radical (unpaired) electrons. The van der Waals surface area contributed by atoms with E-state index in [-0.39, 0.29) is 24.2 Å². The van der Waals surface area contributed by atoms with Crippen LogP contribution in [-0.4, -0.2) is 14.3 Å². The molecule has 128 valence electrons. The summed E-state index contributed by atoms with van der Waals surface area (Å²) in [5.74, 6) is 0.249. The minimum atomic E-state index is -1.02. The van der Waals surface area contributed by atoms with Crippen molar-refractivity contribution in [1.29, 1.82) is 0 Å². The molecule has 0 saturated carbocycles. The van der Waals surface area contributed by atoms with Crippen LogP contribution in [0.5, 0.6) is 0 Å². The van der Waals surface area contributed by atoms with Crippen LogP contribution in [0.1, 0.15) is 61.9 Å². The second kappa shape index (κ2) is 6.34. The first-order chi connectivity index (χ1) is 11.4. The lowest BCUT2D eigenvalue weighted by Crippen LogP contribution is -2.29. The van der Waals surface area contributed by atoms with E-state index < -0.39 is 12.0 Å². The summed E-state index contributed by atoms with van der Waals surface area (Å²) in [4.78, 5) is 12.7. The Morgan fingerprint density at radius 3 is 2.62 bits per heavy atom. The van der Waals surface area contributed by atoms with Crippen molar-refractivity contribution < 1.29 is 8.78 Å². The van der Waals surface area contributed by atoms with E-state index in [1.807, 2.05) is 12.1 Å². The minimum absolute atomic E-state index is 0.0735. The van der Waals surface area contributed by atoms with Gasteiger partial charge in [-0.25, -0.2) is 18.3 Å². The van der Waals surface area contributed by atoms with Crippen LogP contribution in [0.25, 0.3) is 0 Å². The zero-order valence-electron chi connectivity index (χ0n) is 13.9. The van der Waals surface area contributed by atoms with E-state index in [4.69, 9.17) is 0 Å². The fraction of sp³-hybridized carbons (Fsp3) is 0.444. The van der Waals surface area contributed by atoms with E-state index in [2.05, 4.69) is 11.7 Å². The van der Waals surface area contributed by atoms with Crippen LogP contribution in [0.3, 0.4) is 0 Å². The van der Waals surface area contributed by atoms with Crippen LogP contribution < -0.4 is 5.69 Å². The summed E-state index contributed by atoms with van der Waals surface area (Å²) in [7, 11) is 0. The predicted molar refractivity (Wildman–Crippen MR) is 88.5 cm³/mol. The molecule has 0 amide bonds. The summed E-state index contributed by atoms with van der Waals surface area (Å²) >= 11 is 0. The fourth-order valence-electron chi connectivity index (χ4n) is 3.31. The molecule has 6 heteroatoms. The van der Waals surface area contributed by atoms with Crippen LogP contribution in [0, 0.1) is 0 Å². The van der Waals surface area contributed by atoms with Crippen LogP contribution in [0.4, 0.5) is 8.78 Å². The van der Waals surface area contributed by atoms with Gasteiger partial charge in [0.1, 0.15) is 12.0 Å². The standard InChI is InChI=1S/C18H21F2N3O/c1-11(19)10-12(2)23-18(24)22-16(8-9-17(22)21-23)15-6-4-14(5-7-15)13(3)20/h4-7,12-13,16H,1,8-10H2,2-3H3. The number of benzene rings is 1. The molecule has 1 aromatic heterocycles. The van der Waals surface area contributed by atoms with Crippen molar-refractivity contribution in [3.63, 3.8) is 0 Å². The average Bonchev–Trinajstić information content (AvgIpc) is 3.07. The van der Waals surface area contributed by atoms with Crippen molar-refractivity contribution in [2.24, 2.45) is 0 Å². The third kappa shape index (κ3) is 2.92. The number of aromatic nitrogens is 3. The zero-order valence-corrected chi connectivity index (χ0v) is 13.9. The molecule has 1 aromatic carbocycles. The van der Waals surface area contributed by atoms with E-state index in [1.165, 1.54) is 11.6 Å². The summed E-state index contributed by atoms with van der Waals surface area (Å²) < 4.78 is 29.4. The minimum Gasteiger partial charge on any atom is -0.271 e. The fourth-order valence-corrected chi connectivity index (χ4v) is 3.31. The Bertz CT molecular complexity index is 805. The van der Waals surface area contributed by atoms with Crippen LogP contribution >= 0.6 is 0 Å². The molecule has 2 aromatic rings. The maximum absolute atomic E-state index is 13.3. The van der Waals surface area contributed by atoms with Crippen molar-refractivity contribution >= 4 is 0 Å². The number of nitrogens with zero attached hydrogens (tertiary/aromatic N) is 3. The molecular weight excluding hydrogens is 312 g/mol. The number of allylic oxidation sites excluding steroid dienone is 1. The molecule has 1 aliphatic rings. The molecule has 3 atom stereocenters. The van der Waals surface area contributed by atoms with Crippen LogP contribution in [0.2, 0.25) is 0 Å². The summed E-state index contributed by atoms with van der Waals surface area (Å²) in [6.07, 6.45) is 0.535. The number of aryl methyl sites for hydroxylation is 1. The topological polar surface area (TPSA) is 39.8 Å². The van der Waals surface area contributed by atoms with Gasteiger partial charge in [-0.15, -0.1) is 0 Å². The number of halogens is 2. The van der Waals surface area contributed by atoms with Gasteiger partial charge in [0.05, 0.1) is 17.9 Å². The Hall–Kier alpha value is -2.24. The molecule has 0 bridgehead atoms. The lowest BCUT2D eigenvalue weighted by molar-refractivity contribution is 0.374. The second-order valence-corrected chi connectivity index (χ2v) is 6.42. The Kier molecular flexibility index (Phi) is 4.39. The molecule has 0 saturated heterocycles. The smallest absolute Gasteiger partial charge is 0.271 e. The lowest BCUT2D eigenvalue weighted by atomic mass is 10.0. The molecular formula is C18H21F2N3O. The lowest BCUT2D eigenvalue weighted by Gasteiger charge is -2.14. The summed E-state index contributed by atoms with van der Waals surface area (Å²) in [6.45, 7) is 6.50. The SMILES string of the molecule is C=C(F)CC(C)n1nc2n(c1=O)C(c1ccc(C(C)F)cc1)CC2. The summed E-state index contributed by atoms with van der Waals surface area (Å²) in [6, 6.07) is 6.75. The zero-order chi connectivity index (χ0) is 17.4. The molecule has 0 fully saturated rings.